The van der Waals surface area contributed by atoms with E-state index in [-0.39, 0.29) is 57.2 Å². The number of nitrogens with zero attached hydrogens (tertiary/aromatic N) is 1. The lowest BCUT2D eigenvalue weighted by molar-refractivity contribution is -0.167. The van der Waals surface area contributed by atoms with Crippen molar-refractivity contribution in [3.8, 4) is 11.3 Å². The van der Waals surface area contributed by atoms with Crippen molar-refractivity contribution in [1.29, 1.82) is 0 Å². The van der Waals surface area contributed by atoms with E-state index >= 15 is 0 Å². The smallest absolute Gasteiger partial charge is 0.335 e. The highest BCUT2D eigenvalue weighted by Gasteiger charge is 2.42. The molecule has 45 heavy (non-hydrogen) atoms. The summed E-state index contributed by atoms with van der Waals surface area (Å²) in [5, 5.41) is 12.7. The maximum Gasteiger partial charge on any atom is 0.335 e. The zero-order valence-electron chi connectivity index (χ0n) is 25.5. The zero-order chi connectivity index (χ0) is 32.2. The fraction of sp³-hybridized carbons (Fsp3) is 0.500. The predicted molar refractivity (Wildman–Crippen MR) is 166 cm³/mol. The monoisotopic (exact) mass is 646 g/mol. The van der Waals surface area contributed by atoms with Gasteiger partial charge in [0.1, 0.15) is 17.2 Å². The Hall–Kier alpha value is -3.52. The minimum atomic E-state index is -3.73. The Morgan fingerprint density at radius 3 is 2.29 bits per heavy atom. The van der Waals surface area contributed by atoms with Crippen molar-refractivity contribution in [3.05, 3.63) is 53.3 Å². The molecule has 2 saturated carbocycles. The molecule has 0 saturated heterocycles. The second-order valence-electron chi connectivity index (χ2n) is 11.5. The average Bonchev–Trinajstić information content (AvgIpc) is 3.61. The first-order valence-electron chi connectivity index (χ1n) is 15.1. The molecule has 2 fully saturated rings. The van der Waals surface area contributed by atoms with Crippen LogP contribution in [0, 0.1) is 5.82 Å². The molecule has 13 heteroatoms. The number of anilines is 1. The van der Waals surface area contributed by atoms with Gasteiger partial charge in [0, 0.05) is 24.1 Å². The van der Waals surface area contributed by atoms with Crippen LogP contribution in [0.5, 0.6) is 0 Å². The first-order chi connectivity index (χ1) is 21.5. The lowest BCUT2D eigenvalue weighted by Gasteiger charge is -2.25. The molecule has 0 atom stereocenters. The van der Waals surface area contributed by atoms with Crippen LogP contribution in [0.15, 0.2) is 40.8 Å². The number of nitrogens with one attached hydrogen (secondary N) is 1. The van der Waals surface area contributed by atoms with Crippen LogP contribution in [-0.4, -0.2) is 83.9 Å². The summed E-state index contributed by atoms with van der Waals surface area (Å²) in [5.74, 6) is -1.32. The third-order valence-electron chi connectivity index (χ3n) is 8.30. The minimum absolute atomic E-state index is 0.0438. The molecule has 3 aromatic rings. The summed E-state index contributed by atoms with van der Waals surface area (Å²) in [4.78, 5) is 24.6. The van der Waals surface area contributed by atoms with Gasteiger partial charge < -0.3 is 29.1 Å². The highest BCUT2D eigenvalue weighted by Crippen LogP contribution is 2.48. The summed E-state index contributed by atoms with van der Waals surface area (Å²) >= 11 is 0. The Morgan fingerprint density at radius 2 is 1.69 bits per heavy atom. The van der Waals surface area contributed by atoms with Crippen LogP contribution in [-0.2, 0) is 29.0 Å². The van der Waals surface area contributed by atoms with Crippen molar-refractivity contribution in [2.75, 3.05) is 57.2 Å². The van der Waals surface area contributed by atoms with Gasteiger partial charge in [-0.05, 0) is 80.3 Å². The third kappa shape index (κ3) is 7.49. The van der Waals surface area contributed by atoms with Crippen molar-refractivity contribution in [3.63, 3.8) is 0 Å². The van der Waals surface area contributed by atoms with Crippen LogP contribution in [0.4, 0.5) is 10.1 Å². The van der Waals surface area contributed by atoms with Gasteiger partial charge in [0.25, 0.3) is 5.91 Å². The number of ether oxygens (including phenoxy) is 3. The van der Waals surface area contributed by atoms with Crippen molar-refractivity contribution >= 4 is 38.6 Å². The van der Waals surface area contributed by atoms with Crippen LogP contribution >= 0.6 is 0 Å². The van der Waals surface area contributed by atoms with Crippen molar-refractivity contribution < 1.29 is 46.1 Å². The van der Waals surface area contributed by atoms with E-state index in [2.05, 4.69) is 5.32 Å². The van der Waals surface area contributed by atoms with Crippen LogP contribution in [0.1, 0.15) is 60.4 Å². The molecular formula is C32H39FN2O9S. The van der Waals surface area contributed by atoms with Gasteiger partial charge in [0.2, 0.25) is 10.0 Å². The lowest BCUT2D eigenvalue weighted by atomic mass is 10.0. The van der Waals surface area contributed by atoms with E-state index in [9.17, 15) is 27.5 Å². The number of carboxylic acids is 1. The second kappa shape index (κ2) is 13.9. The normalized spacial score (nSPS) is 16.2. The van der Waals surface area contributed by atoms with E-state index in [1.54, 1.807) is 6.07 Å². The zero-order valence-corrected chi connectivity index (χ0v) is 26.3. The van der Waals surface area contributed by atoms with E-state index in [4.69, 9.17) is 18.6 Å². The van der Waals surface area contributed by atoms with E-state index in [0.717, 1.165) is 37.5 Å². The number of carbonyl (C=O) groups is 2. The molecule has 0 bridgehead atoms. The number of fused-ring (bicyclic) bond motifs is 1. The van der Waals surface area contributed by atoms with Crippen molar-refractivity contribution in [2.45, 2.75) is 50.0 Å². The molecule has 2 N–H and O–H groups in total. The van der Waals surface area contributed by atoms with Crippen LogP contribution in [0.3, 0.4) is 0 Å². The van der Waals surface area contributed by atoms with Gasteiger partial charge in [0.15, 0.2) is 5.60 Å². The van der Waals surface area contributed by atoms with E-state index in [1.165, 1.54) is 35.6 Å². The lowest BCUT2D eigenvalue weighted by Crippen LogP contribution is -2.39. The molecule has 1 amide bonds. The number of rotatable bonds is 16. The van der Waals surface area contributed by atoms with E-state index in [1.807, 2.05) is 6.07 Å². The summed E-state index contributed by atoms with van der Waals surface area (Å²) < 4.78 is 64.0. The Bertz CT molecular complexity index is 1630. The molecule has 1 aromatic heterocycles. The number of sulfonamides is 1. The molecular weight excluding hydrogens is 607 g/mol. The van der Waals surface area contributed by atoms with Crippen LogP contribution in [0.2, 0.25) is 0 Å². The second-order valence-corrected chi connectivity index (χ2v) is 13.4. The summed E-state index contributed by atoms with van der Waals surface area (Å²) in [5.41, 5.74) is 1.30. The Kier molecular flexibility index (Phi) is 10.1. The van der Waals surface area contributed by atoms with Crippen LogP contribution < -0.4 is 9.62 Å². The fourth-order valence-electron chi connectivity index (χ4n) is 5.84. The number of amides is 1. The molecule has 2 aliphatic carbocycles. The largest absolute Gasteiger partial charge is 0.479 e. The van der Waals surface area contributed by atoms with Gasteiger partial charge in [-0.1, -0.05) is 0 Å². The van der Waals surface area contributed by atoms with Crippen molar-refractivity contribution in [2.24, 2.45) is 0 Å². The number of benzene rings is 2. The standard InChI is InChI=1S/C32H39FN2O9S/c1-34-30(36)28-25-19-24(21-5-6-21)26(20-27(25)44-29(28)22-7-9-23(33)10-8-22)35(45(2,39)40)13-14-41-15-16-42-17-18-43-32(31(37)38)11-3-4-12-32/h7-10,19-21H,3-6,11-18H2,1-2H3,(H,34,36)(H,37,38). The molecule has 244 valence electrons. The van der Waals surface area contributed by atoms with Crippen LogP contribution in [0.25, 0.3) is 22.3 Å². The maximum atomic E-state index is 13.6. The Labute approximate surface area is 261 Å². The van der Waals surface area contributed by atoms with Gasteiger partial charge in [-0.2, -0.15) is 0 Å². The summed E-state index contributed by atoms with van der Waals surface area (Å²) in [6.07, 6.45) is 5.57. The number of hydrogen-bond acceptors (Lipinski definition) is 8. The number of carbonyl (C=O) groups excluding carboxylic acids is 1. The van der Waals surface area contributed by atoms with Gasteiger partial charge in [-0.15, -0.1) is 0 Å². The topological polar surface area (TPSA) is 145 Å². The minimum Gasteiger partial charge on any atom is -0.479 e. The average molecular weight is 647 g/mol. The van der Waals surface area contributed by atoms with Gasteiger partial charge >= 0.3 is 5.97 Å². The molecule has 2 aliphatic rings. The SMILES string of the molecule is CNC(=O)c1c(-c2ccc(F)cc2)oc2cc(N(CCOCCOCCOC3(C(=O)O)CCCC3)S(C)(=O)=O)c(C3CC3)cc12. The molecule has 5 rings (SSSR count). The van der Waals surface area contributed by atoms with Gasteiger partial charge in [-0.3, -0.25) is 9.10 Å². The molecule has 11 nitrogen and oxygen atoms in total. The third-order valence-corrected chi connectivity index (χ3v) is 9.48. The Morgan fingerprint density at radius 1 is 1.04 bits per heavy atom. The fourth-order valence-corrected chi connectivity index (χ4v) is 6.76. The van der Waals surface area contributed by atoms with Crippen molar-refractivity contribution in [1.82, 2.24) is 5.32 Å². The number of halogens is 1. The van der Waals surface area contributed by atoms with E-state index < -0.39 is 27.4 Å². The number of carboxylic acid groups (broad SMARTS) is 1. The highest BCUT2D eigenvalue weighted by atomic mass is 32.2. The quantitative estimate of drug-likeness (QED) is 0.212. The Balaban J connectivity index is 1.27. The molecule has 0 unspecified atom stereocenters. The highest BCUT2D eigenvalue weighted by molar-refractivity contribution is 7.92. The summed E-state index contributed by atoms with van der Waals surface area (Å²) in [6.45, 7) is 0.979. The predicted octanol–water partition coefficient (Wildman–Crippen LogP) is 4.69. The maximum absolute atomic E-state index is 13.6. The molecule has 1 heterocycles. The number of aliphatic carboxylic acids is 1. The molecule has 0 spiro atoms. The molecule has 2 aromatic carbocycles. The molecule has 0 aliphatic heterocycles. The van der Waals surface area contributed by atoms with Gasteiger partial charge in [-0.25, -0.2) is 17.6 Å². The summed E-state index contributed by atoms with van der Waals surface area (Å²) in [7, 11) is -2.21. The number of furan rings is 1. The summed E-state index contributed by atoms with van der Waals surface area (Å²) in [6, 6.07) is 9.11. The van der Waals surface area contributed by atoms with Gasteiger partial charge in [0.05, 0.1) is 57.1 Å². The first-order valence-corrected chi connectivity index (χ1v) is 17.0. The number of hydrogen-bond donors (Lipinski definition) is 2. The van der Waals surface area contributed by atoms with E-state index in [0.29, 0.717) is 40.6 Å². The molecule has 0 radical (unpaired) electrons. The first kappa shape index (κ1) is 32.9.